The van der Waals surface area contributed by atoms with Crippen molar-refractivity contribution >= 4 is 40.4 Å². The van der Waals surface area contributed by atoms with Gasteiger partial charge in [-0.15, -0.1) is 11.3 Å². The number of benzene rings is 1. The van der Waals surface area contributed by atoms with Crippen LogP contribution in [0.1, 0.15) is 10.4 Å². The second-order valence-electron chi connectivity index (χ2n) is 6.12. The summed E-state index contributed by atoms with van der Waals surface area (Å²) in [6, 6.07) is 12.3. The van der Waals surface area contributed by atoms with E-state index in [9.17, 15) is 9.59 Å². The summed E-state index contributed by atoms with van der Waals surface area (Å²) < 4.78 is 1.19. The number of carbonyl (C=O) groups excluding carboxylic acids is 1. The van der Waals surface area contributed by atoms with Crippen LogP contribution in [-0.2, 0) is 17.9 Å². The quantitative estimate of drug-likeness (QED) is 0.618. The molecule has 27 heavy (non-hydrogen) atoms. The number of nitrogens with zero attached hydrogens (tertiary/aromatic N) is 3. The molecule has 0 fully saturated rings. The Morgan fingerprint density at radius 2 is 1.93 bits per heavy atom. The van der Waals surface area contributed by atoms with Crippen molar-refractivity contribution in [2.75, 3.05) is 7.05 Å². The molecule has 0 radical (unpaired) electrons. The lowest BCUT2D eigenvalue weighted by atomic mass is 10.2. The third-order valence-corrected chi connectivity index (χ3v) is 5.74. The molecule has 0 saturated heterocycles. The molecule has 8 heteroatoms. The van der Waals surface area contributed by atoms with Crippen LogP contribution in [0.3, 0.4) is 0 Å². The van der Waals surface area contributed by atoms with Crippen LogP contribution in [0.25, 0.3) is 10.6 Å². The smallest absolute Gasteiger partial charge is 0.267 e. The van der Waals surface area contributed by atoms with Gasteiger partial charge in [-0.05, 0) is 42.8 Å². The monoisotopic (exact) mass is 421 g/mol. The van der Waals surface area contributed by atoms with Crippen LogP contribution >= 0.6 is 34.5 Å². The Kier molecular flexibility index (Phi) is 5.99. The van der Waals surface area contributed by atoms with E-state index in [4.69, 9.17) is 23.2 Å². The Hall–Kier alpha value is -2.15. The largest absolute Gasteiger partial charge is 0.340 e. The first kappa shape index (κ1) is 19.6. The summed E-state index contributed by atoms with van der Waals surface area (Å²) in [6.07, 6.45) is 0. The van der Waals surface area contributed by atoms with E-state index in [0.717, 1.165) is 15.3 Å². The van der Waals surface area contributed by atoms with Crippen molar-refractivity contribution in [3.63, 3.8) is 0 Å². The van der Waals surface area contributed by atoms with Gasteiger partial charge in [0, 0.05) is 24.5 Å². The lowest BCUT2D eigenvalue weighted by molar-refractivity contribution is -0.131. The molecule has 0 unspecified atom stereocenters. The molecule has 5 nitrogen and oxygen atoms in total. The first-order chi connectivity index (χ1) is 12.8. The van der Waals surface area contributed by atoms with Gasteiger partial charge in [0.15, 0.2) is 0 Å². The van der Waals surface area contributed by atoms with Crippen molar-refractivity contribution in [2.24, 2.45) is 0 Å². The summed E-state index contributed by atoms with van der Waals surface area (Å²) in [4.78, 5) is 28.3. The standard InChI is InChI=1S/C19H17Cl2N3O2S/c1-12-3-7-17(27-12)16-6-8-18(25)24(22-16)11-19(26)23(2)10-13-4-5-14(20)15(21)9-13/h3-9H,10-11H2,1-2H3. The Bertz CT molecular complexity index is 1050. The highest BCUT2D eigenvalue weighted by Gasteiger charge is 2.14. The molecule has 1 aromatic carbocycles. The number of hydrogen-bond acceptors (Lipinski definition) is 4. The first-order valence-corrected chi connectivity index (χ1v) is 9.73. The van der Waals surface area contributed by atoms with E-state index in [1.54, 1.807) is 36.6 Å². The molecule has 0 bridgehead atoms. The molecule has 0 atom stereocenters. The van der Waals surface area contributed by atoms with E-state index >= 15 is 0 Å². The average Bonchev–Trinajstić information content (AvgIpc) is 3.06. The van der Waals surface area contributed by atoms with E-state index in [1.165, 1.54) is 15.6 Å². The molecule has 3 aromatic rings. The topological polar surface area (TPSA) is 55.2 Å². The van der Waals surface area contributed by atoms with Gasteiger partial charge in [-0.25, -0.2) is 4.68 Å². The highest BCUT2D eigenvalue weighted by Crippen LogP contribution is 2.25. The minimum atomic E-state index is -0.316. The van der Waals surface area contributed by atoms with E-state index < -0.39 is 0 Å². The molecule has 0 aliphatic carbocycles. The number of carbonyl (C=O) groups is 1. The molecule has 0 aliphatic rings. The summed E-state index contributed by atoms with van der Waals surface area (Å²) in [7, 11) is 1.67. The van der Waals surface area contributed by atoms with Gasteiger partial charge in [0.05, 0.1) is 14.9 Å². The summed E-state index contributed by atoms with van der Waals surface area (Å²) in [5, 5.41) is 5.24. The summed E-state index contributed by atoms with van der Waals surface area (Å²) in [5.41, 5.74) is 1.21. The fourth-order valence-electron chi connectivity index (χ4n) is 2.51. The minimum absolute atomic E-state index is 0.130. The minimum Gasteiger partial charge on any atom is -0.340 e. The molecule has 3 rings (SSSR count). The second kappa shape index (κ2) is 8.25. The van der Waals surface area contributed by atoms with Crippen molar-refractivity contribution in [2.45, 2.75) is 20.0 Å². The van der Waals surface area contributed by atoms with Gasteiger partial charge in [0.2, 0.25) is 5.91 Å². The van der Waals surface area contributed by atoms with Crippen LogP contribution in [0.4, 0.5) is 0 Å². The van der Waals surface area contributed by atoms with Gasteiger partial charge < -0.3 is 4.90 Å². The van der Waals surface area contributed by atoms with E-state index in [2.05, 4.69) is 5.10 Å². The second-order valence-corrected chi connectivity index (χ2v) is 8.23. The molecule has 0 N–H and O–H groups in total. The highest BCUT2D eigenvalue weighted by molar-refractivity contribution is 7.15. The third kappa shape index (κ3) is 4.77. The maximum Gasteiger partial charge on any atom is 0.267 e. The molecule has 2 aromatic heterocycles. The lowest BCUT2D eigenvalue weighted by Crippen LogP contribution is -2.34. The van der Waals surface area contributed by atoms with E-state index in [1.807, 2.05) is 25.1 Å². The van der Waals surface area contributed by atoms with Crippen LogP contribution < -0.4 is 5.56 Å². The number of halogens is 2. The molecule has 0 aliphatic heterocycles. The Morgan fingerprint density at radius 3 is 2.59 bits per heavy atom. The molecular weight excluding hydrogens is 405 g/mol. The molecule has 0 spiro atoms. The zero-order valence-electron chi connectivity index (χ0n) is 14.8. The highest BCUT2D eigenvalue weighted by atomic mass is 35.5. The van der Waals surface area contributed by atoms with Gasteiger partial charge >= 0.3 is 0 Å². The normalized spacial score (nSPS) is 10.8. The molecule has 1 amide bonds. The van der Waals surface area contributed by atoms with Crippen molar-refractivity contribution < 1.29 is 4.79 Å². The molecule has 2 heterocycles. The predicted octanol–water partition coefficient (Wildman–Crippen LogP) is 4.25. The number of rotatable bonds is 5. The number of hydrogen-bond donors (Lipinski definition) is 0. The predicted molar refractivity (Wildman–Crippen MR) is 109 cm³/mol. The Morgan fingerprint density at radius 1 is 1.15 bits per heavy atom. The van der Waals surface area contributed by atoms with Crippen molar-refractivity contribution in [3.8, 4) is 10.6 Å². The number of aryl methyl sites for hydroxylation is 1. The van der Waals surface area contributed by atoms with E-state index in [-0.39, 0.29) is 18.0 Å². The van der Waals surface area contributed by atoms with Crippen molar-refractivity contribution in [1.29, 1.82) is 0 Å². The van der Waals surface area contributed by atoms with Crippen LogP contribution in [0.5, 0.6) is 0 Å². The SMILES string of the molecule is Cc1ccc(-c2ccc(=O)n(CC(=O)N(C)Cc3ccc(Cl)c(Cl)c3)n2)s1. The lowest BCUT2D eigenvalue weighted by Gasteiger charge is -2.18. The number of thiophene rings is 1. The van der Waals surface area contributed by atoms with Gasteiger partial charge in [0.1, 0.15) is 12.2 Å². The Labute approximate surface area is 170 Å². The van der Waals surface area contributed by atoms with Crippen molar-refractivity contribution in [3.05, 3.63) is 73.3 Å². The van der Waals surface area contributed by atoms with Crippen LogP contribution in [0.15, 0.2) is 47.3 Å². The fraction of sp³-hybridized carbons (Fsp3) is 0.211. The molecule has 0 saturated carbocycles. The van der Waals surface area contributed by atoms with Crippen LogP contribution in [-0.4, -0.2) is 27.6 Å². The van der Waals surface area contributed by atoms with Gasteiger partial charge in [0.25, 0.3) is 5.56 Å². The summed E-state index contributed by atoms with van der Waals surface area (Å²) >= 11 is 13.5. The van der Waals surface area contributed by atoms with Crippen LogP contribution in [0.2, 0.25) is 10.0 Å². The zero-order valence-corrected chi connectivity index (χ0v) is 17.1. The zero-order chi connectivity index (χ0) is 19.6. The maximum atomic E-state index is 12.5. The van der Waals surface area contributed by atoms with Gasteiger partial charge in [-0.1, -0.05) is 29.3 Å². The average molecular weight is 422 g/mol. The number of amides is 1. The third-order valence-electron chi connectivity index (χ3n) is 3.97. The van der Waals surface area contributed by atoms with Gasteiger partial charge in [-0.3, -0.25) is 9.59 Å². The Balaban J connectivity index is 1.74. The first-order valence-electron chi connectivity index (χ1n) is 8.16. The summed E-state index contributed by atoms with van der Waals surface area (Å²) in [6.45, 7) is 2.23. The summed E-state index contributed by atoms with van der Waals surface area (Å²) in [5.74, 6) is -0.227. The molecular formula is C19H17Cl2N3O2S. The van der Waals surface area contributed by atoms with Gasteiger partial charge in [-0.2, -0.15) is 5.10 Å². The van der Waals surface area contributed by atoms with Crippen molar-refractivity contribution in [1.82, 2.24) is 14.7 Å². The van der Waals surface area contributed by atoms with Crippen LogP contribution in [0, 0.1) is 6.92 Å². The maximum absolute atomic E-state index is 12.5. The molecule has 140 valence electrons. The number of aromatic nitrogens is 2. The number of likely N-dealkylation sites (N-methyl/N-ethyl adjacent to an activating group) is 1. The fourth-order valence-corrected chi connectivity index (χ4v) is 3.67. The van der Waals surface area contributed by atoms with E-state index in [0.29, 0.717) is 22.3 Å².